The number of anilines is 1. The van der Waals surface area contributed by atoms with Crippen molar-refractivity contribution in [2.45, 2.75) is 26.7 Å². The minimum Gasteiger partial charge on any atom is -0.496 e. The normalized spacial score (nSPS) is 10.9. The van der Waals surface area contributed by atoms with Gasteiger partial charge in [-0.15, -0.1) is 0 Å². The Bertz CT molecular complexity index is 1110. The van der Waals surface area contributed by atoms with Crippen LogP contribution >= 0.6 is 0 Å². The van der Waals surface area contributed by atoms with E-state index < -0.39 is 0 Å². The van der Waals surface area contributed by atoms with Crippen molar-refractivity contribution in [1.82, 2.24) is 5.43 Å². The summed E-state index contributed by atoms with van der Waals surface area (Å²) in [6.45, 7) is 3.89. The average molecular weight is 403 g/mol. The number of nitrogens with zero attached hydrogens (tertiary/aromatic N) is 1. The monoisotopic (exact) mass is 403 g/mol. The van der Waals surface area contributed by atoms with Gasteiger partial charge in [-0.1, -0.05) is 42.5 Å². The molecule has 2 amide bonds. The zero-order valence-corrected chi connectivity index (χ0v) is 17.4. The lowest BCUT2D eigenvalue weighted by atomic mass is 10.0. The zero-order chi connectivity index (χ0) is 21.5. The number of hydrogen-bond donors (Lipinski definition) is 2. The molecule has 0 fully saturated rings. The molecule has 154 valence electrons. The minimum absolute atomic E-state index is 0.0424. The van der Waals surface area contributed by atoms with Gasteiger partial charge in [-0.3, -0.25) is 9.59 Å². The lowest BCUT2D eigenvalue weighted by Gasteiger charge is -2.09. The van der Waals surface area contributed by atoms with E-state index in [1.165, 1.54) is 0 Å². The van der Waals surface area contributed by atoms with E-state index in [9.17, 15) is 9.59 Å². The lowest BCUT2D eigenvalue weighted by molar-refractivity contribution is -0.124. The maximum Gasteiger partial charge on any atom is 0.240 e. The van der Waals surface area contributed by atoms with Crippen LogP contribution in [0.3, 0.4) is 0 Å². The number of fused-ring (bicyclic) bond motifs is 1. The number of ether oxygens (including phenoxy) is 1. The third-order valence-electron chi connectivity index (χ3n) is 4.78. The van der Waals surface area contributed by atoms with Crippen LogP contribution in [0.2, 0.25) is 0 Å². The van der Waals surface area contributed by atoms with Gasteiger partial charge in [-0.2, -0.15) is 5.10 Å². The maximum absolute atomic E-state index is 12.2. The molecule has 0 saturated heterocycles. The Kier molecular flexibility index (Phi) is 6.80. The lowest BCUT2D eigenvalue weighted by Crippen LogP contribution is -2.21. The Balaban J connectivity index is 1.57. The molecule has 0 unspecified atom stereocenters. The molecule has 0 radical (unpaired) electrons. The standard InChI is InChI=1S/C24H25N3O3/c1-16-8-9-17(2)21(14-16)26-23(28)12-13-24(29)27-25-15-20-19-7-5-4-6-18(19)10-11-22(20)30-3/h4-11,14-15H,12-13H2,1-3H3,(H,26,28)(H,27,29)/b25-15-. The molecular weight excluding hydrogens is 378 g/mol. The van der Waals surface area contributed by atoms with E-state index in [4.69, 9.17) is 4.74 Å². The van der Waals surface area contributed by atoms with Gasteiger partial charge in [0.1, 0.15) is 5.75 Å². The first-order valence-corrected chi connectivity index (χ1v) is 9.72. The van der Waals surface area contributed by atoms with Crippen LogP contribution in [0.25, 0.3) is 10.8 Å². The Labute approximate surface area is 175 Å². The number of hydrogen-bond acceptors (Lipinski definition) is 4. The van der Waals surface area contributed by atoms with Crippen molar-refractivity contribution in [2.24, 2.45) is 5.10 Å². The van der Waals surface area contributed by atoms with E-state index in [1.807, 2.05) is 68.4 Å². The molecule has 0 spiro atoms. The molecule has 2 N–H and O–H groups in total. The minimum atomic E-state index is -0.332. The van der Waals surface area contributed by atoms with Crippen molar-refractivity contribution in [3.63, 3.8) is 0 Å². The molecule has 6 heteroatoms. The fraction of sp³-hybridized carbons (Fsp3) is 0.208. The molecule has 0 heterocycles. The molecule has 0 saturated carbocycles. The summed E-state index contributed by atoms with van der Waals surface area (Å²) in [5, 5.41) is 8.93. The number of carbonyl (C=O) groups is 2. The van der Waals surface area contributed by atoms with Crippen LogP contribution in [0.4, 0.5) is 5.69 Å². The SMILES string of the molecule is COc1ccc2ccccc2c1/C=N\NC(=O)CCC(=O)Nc1cc(C)ccc1C. The molecule has 0 bridgehead atoms. The molecule has 6 nitrogen and oxygen atoms in total. The smallest absolute Gasteiger partial charge is 0.240 e. The van der Waals surface area contributed by atoms with Gasteiger partial charge in [0.05, 0.1) is 13.3 Å². The topological polar surface area (TPSA) is 79.8 Å². The second-order valence-corrected chi connectivity index (χ2v) is 7.06. The highest BCUT2D eigenvalue weighted by molar-refractivity contribution is 6.02. The molecule has 0 aliphatic rings. The molecule has 0 aliphatic carbocycles. The van der Waals surface area contributed by atoms with Crippen LogP contribution in [0, 0.1) is 13.8 Å². The molecule has 0 aliphatic heterocycles. The third kappa shape index (κ3) is 5.23. The fourth-order valence-electron chi connectivity index (χ4n) is 3.12. The van der Waals surface area contributed by atoms with E-state index >= 15 is 0 Å². The molecule has 3 aromatic rings. The predicted molar refractivity (Wildman–Crippen MR) is 120 cm³/mol. The van der Waals surface area contributed by atoms with Crippen molar-refractivity contribution in [3.8, 4) is 5.75 Å². The first-order valence-electron chi connectivity index (χ1n) is 9.72. The van der Waals surface area contributed by atoms with Gasteiger partial charge in [0.15, 0.2) is 0 Å². The van der Waals surface area contributed by atoms with E-state index in [2.05, 4.69) is 15.8 Å². The van der Waals surface area contributed by atoms with Gasteiger partial charge in [-0.25, -0.2) is 5.43 Å². The molecule has 30 heavy (non-hydrogen) atoms. The van der Waals surface area contributed by atoms with Crippen molar-refractivity contribution in [2.75, 3.05) is 12.4 Å². The van der Waals surface area contributed by atoms with Gasteiger partial charge in [0, 0.05) is 24.1 Å². The van der Waals surface area contributed by atoms with Crippen molar-refractivity contribution in [3.05, 3.63) is 71.3 Å². The Morgan fingerprint density at radius 1 is 1.00 bits per heavy atom. The number of hydrazone groups is 1. The second-order valence-electron chi connectivity index (χ2n) is 7.06. The molecule has 0 aromatic heterocycles. The van der Waals surface area contributed by atoms with Crippen LogP contribution in [-0.4, -0.2) is 25.1 Å². The van der Waals surface area contributed by atoms with Crippen molar-refractivity contribution >= 4 is 34.5 Å². The quantitative estimate of drug-likeness (QED) is 0.455. The number of amides is 2. The Morgan fingerprint density at radius 2 is 1.77 bits per heavy atom. The van der Waals surface area contributed by atoms with E-state index in [0.717, 1.165) is 33.2 Å². The summed E-state index contributed by atoms with van der Waals surface area (Å²) in [5.74, 6) is 0.125. The largest absolute Gasteiger partial charge is 0.496 e. The van der Waals surface area contributed by atoms with E-state index in [0.29, 0.717) is 5.75 Å². The Morgan fingerprint density at radius 3 is 2.57 bits per heavy atom. The third-order valence-corrected chi connectivity index (χ3v) is 4.78. The van der Waals surface area contributed by atoms with Crippen LogP contribution in [0.1, 0.15) is 29.5 Å². The predicted octanol–water partition coefficient (Wildman–Crippen LogP) is 4.33. The van der Waals surface area contributed by atoms with Crippen molar-refractivity contribution < 1.29 is 14.3 Å². The highest BCUT2D eigenvalue weighted by atomic mass is 16.5. The molecule has 3 rings (SSSR count). The van der Waals surface area contributed by atoms with Crippen LogP contribution in [0.15, 0.2) is 59.7 Å². The summed E-state index contributed by atoms with van der Waals surface area (Å²) in [6.07, 6.45) is 1.68. The van der Waals surface area contributed by atoms with Crippen LogP contribution in [0.5, 0.6) is 5.75 Å². The second kappa shape index (κ2) is 9.69. The summed E-state index contributed by atoms with van der Waals surface area (Å²) >= 11 is 0. The van der Waals surface area contributed by atoms with Gasteiger partial charge in [0.2, 0.25) is 11.8 Å². The first-order chi connectivity index (χ1) is 14.5. The molecule has 0 atom stereocenters. The highest BCUT2D eigenvalue weighted by Crippen LogP contribution is 2.26. The summed E-state index contributed by atoms with van der Waals surface area (Å²) < 4.78 is 5.41. The van der Waals surface area contributed by atoms with Gasteiger partial charge >= 0.3 is 0 Å². The number of carbonyl (C=O) groups excluding carboxylic acids is 2. The van der Waals surface area contributed by atoms with Gasteiger partial charge in [0.25, 0.3) is 0 Å². The Hall–Kier alpha value is -3.67. The zero-order valence-electron chi connectivity index (χ0n) is 17.4. The fourth-order valence-corrected chi connectivity index (χ4v) is 3.12. The molecular formula is C24H25N3O3. The highest BCUT2D eigenvalue weighted by Gasteiger charge is 2.09. The first kappa shape index (κ1) is 21.0. The average Bonchev–Trinajstić information content (AvgIpc) is 2.75. The summed E-state index contributed by atoms with van der Waals surface area (Å²) in [6, 6.07) is 17.6. The molecule has 3 aromatic carbocycles. The van der Waals surface area contributed by atoms with Gasteiger partial charge < -0.3 is 10.1 Å². The number of methoxy groups -OCH3 is 1. The number of rotatable bonds is 7. The van der Waals surface area contributed by atoms with E-state index in [1.54, 1.807) is 13.3 Å². The summed E-state index contributed by atoms with van der Waals surface area (Å²) in [4.78, 5) is 24.3. The maximum atomic E-state index is 12.2. The summed E-state index contributed by atoms with van der Waals surface area (Å²) in [5.41, 5.74) is 6.07. The number of benzene rings is 3. The van der Waals surface area contributed by atoms with Crippen molar-refractivity contribution in [1.29, 1.82) is 0 Å². The van der Waals surface area contributed by atoms with Gasteiger partial charge in [-0.05, 0) is 47.9 Å². The summed E-state index contributed by atoms with van der Waals surface area (Å²) in [7, 11) is 1.59. The number of nitrogens with one attached hydrogen (secondary N) is 2. The van der Waals surface area contributed by atoms with E-state index in [-0.39, 0.29) is 24.7 Å². The van der Waals surface area contributed by atoms with Crippen LogP contribution < -0.4 is 15.5 Å². The van der Waals surface area contributed by atoms with Crippen LogP contribution in [-0.2, 0) is 9.59 Å². The number of aryl methyl sites for hydroxylation is 2.